The maximum absolute atomic E-state index is 2.99. The summed E-state index contributed by atoms with van der Waals surface area (Å²) >= 11 is 0. The molecule has 1 aliphatic rings. The van der Waals surface area contributed by atoms with Crippen molar-refractivity contribution in [2.45, 2.75) is 13.3 Å². The number of allylic oxidation sites excluding steroid dienone is 4. The maximum atomic E-state index is 2.99. The van der Waals surface area contributed by atoms with Crippen LogP contribution < -0.4 is 0 Å². The van der Waals surface area contributed by atoms with E-state index in [-0.39, 0.29) is 26.2 Å². The van der Waals surface area contributed by atoms with Crippen LogP contribution in [-0.4, -0.2) is 4.57 Å². The van der Waals surface area contributed by atoms with Crippen molar-refractivity contribution in [2.24, 2.45) is 0 Å². The molecule has 0 saturated carbocycles. The van der Waals surface area contributed by atoms with Gasteiger partial charge in [-0.1, -0.05) is 24.3 Å². The zero-order valence-electron chi connectivity index (χ0n) is 14.2. The standard InChI is InChI=1S/C18H14N.C5H5.Zr/c1-13-10-16-8-4-5-9-18(16)19(13)17-11-14-6-2-3-7-15(14)12-17;1-2-4-5-3-1;/h2-12H,1H3;1-3H,4H2;/q2*-1;+2. The zero-order chi connectivity index (χ0) is 16.4. The Balaban J connectivity index is 0.000000264. The van der Waals surface area contributed by atoms with E-state index in [1.807, 2.05) is 12.2 Å². The van der Waals surface area contributed by atoms with Crippen LogP contribution in [0.1, 0.15) is 12.1 Å². The van der Waals surface area contributed by atoms with E-state index in [0.717, 1.165) is 6.42 Å². The van der Waals surface area contributed by atoms with Crippen LogP contribution in [0.25, 0.3) is 27.4 Å². The molecule has 0 bridgehead atoms. The monoisotopic (exact) mass is 399 g/mol. The van der Waals surface area contributed by atoms with Gasteiger partial charge in [0, 0.05) is 11.1 Å². The number of hydrogen-bond donors (Lipinski definition) is 0. The molecule has 1 heterocycles. The third kappa shape index (κ3) is 3.65. The maximum Gasteiger partial charge on any atom is 2.00 e. The summed E-state index contributed by atoms with van der Waals surface area (Å²) in [5, 5.41) is 3.90. The SMILES string of the molecule is Cc1cc2ccccc2n1-c1cc2ccccc2[cH-]1.[C-]1=CC=CC1.[Zr+2]. The van der Waals surface area contributed by atoms with E-state index < -0.39 is 0 Å². The smallest absolute Gasteiger partial charge is 0.332 e. The molecule has 1 aliphatic carbocycles. The number of rotatable bonds is 1. The Kier molecular flexibility index (Phi) is 5.61. The second-order valence-electron chi connectivity index (χ2n) is 6.03. The largest absolute Gasteiger partial charge is 2.00 e. The number of nitrogens with zero attached hydrogens (tertiary/aromatic N) is 1. The van der Waals surface area contributed by atoms with Crippen LogP contribution in [0.2, 0.25) is 0 Å². The van der Waals surface area contributed by atoms with E-state index in [2.05, 4.69) is 90.4 Å². The fourth-order valence-electron chi connectivity index (χ4n) is 3.24. The van der Waals surface area contributed by atoms with E-state index in [1.165, 1.54) is 33.1 Å². The number of hydrogen-bond acceptors (Lipinski definition) is 0. The predicted octanol–water partition coefficient (Wildman–Crippen LogP) is 6.11. The van der Waals surface area contributed by atoms with Gasteiger partial charge < -0.3 is 4.57 Å². The first-order valence-electron chi connectivity index (χ1n) is 8.27. The molecule has 0 unspecified atom stereocenters. The third-order valence-corrected chi connectivity index (χ3v) is 4.34. The topological polar surface area (TPSA) is 4.93 Å². The molecule has 25 heavy (non-hydrogen) atoms. The van der Waals surface area contributed by atoms with Crippen LogP contribution in [0, 0.1) is 13.0 Å². The molecule has 120 valence electrons. The summed E-state index contributed by atoms with van der Waals surface area (Å²) in [6.45, 7) is 2.16. The second-order valence-corrected chi connectivity index (χ2v) is 6.03. The Hall–Kier alpha value is -2.05. The zero-order valence-corrected chi connectivity index (χ0v) is 16.7. The number of para-hydroxylation sites is 1. The first-order chi connectivity index (χ1) is 11.8. The van der Waals surface area contributed by atoms with Gasteiger partial charge in [0.05, 0.1) is 5.52 Å². The quantitative estimate of drug-likeness (QED) is 0.340. The van der Waals surface area contributed by atoms with Crippen molar-refractivity contribution in [3.05, 3.63) is 96.7 Å². The molecule has 0 fully saturated rings. The molecule has 5 rings (SSSR count). The number of benzene rings is 2. The molecule has 3 aromatic carbocycles. The molecular weight excluding hydrogens is 381 g/mol. The van der Waals surface area contributed by atoms with Crippen molar-refractivity contribution in [2.75, 3.05) is 0 Å². The minimum absolute atomic E-state index is 0. The van der Waals surface area contributed by atoms with Crippen molar-refractivity contribution >= 4 is 21.7 Å². The third-order valence-electron chi connectivity index (χ3n) is 4.34. The molecule has 4 aromatic rings. The normalized spacial score (nSPS) is 12.2. The van der Waals surface area contributed by atoms with Crippen molar-refractivity contribution in [3.63, 3.8) is 0 Å². The molecule has 0 radical (unpaired) electrons. The Bertz CT molecular complexity index is 1000. The average molecular weight is 401 g/mol. The first-order valence-corrected chi connectivity index (χ1v) is 8.27. The molecule has 1 nitrogen and oxygen atoms in total. The molecular formula is C23H19NZr. The second kappa shape index (κ2) is 7.89. The summed E-state index contributed by atoms with van der Waals surface area (Å²) in [6, 6.07) is 23.8. The Morgan fingerprint density at radius 2 is 1.72 bits per heavy atom. The van der Waals surface area contributed by atoms with Crippen LogP contribution in [-0.2, 0) is 26.2 Å². The van der Waals surface area contributed by atoms with Crippen LogP contribution in [0.4, 0.5) is 0 Å². The van der Waals surface area contributed by atoms with E-state index in [1.54, 1.807) is 0 Å². The summed E-state index contributed by atoms with van der Waals surface area (Å²) in [4.78, 5) is 0. The summed E-state index contributed by atoms with van der Waals surface area (Å²) in [7, 11) is 0. The van der Waals surface area contributed by atoms with Gasteiger partial charge in [0.2, 0.25) is 0 Å². The molecule has 0 atom stereocenters. The fraction of sp³-hybridized carbons (Fsp3) is 0.0870. The van der Waals surface area contributed by atoms with Crippen molar-refractivity contribution in [1.82, 2.24) is 4.57 Å². The number of aromatic nitrogens is 1. The van der Waals surface area contributed by atoms with E-state index >= 15 is 0 Å². The summed E-state index contributed by atoms with van der Waals surface area (Å²) < 4.78 is 2.33. The molecule has 0 aliphatic heterocycles. The Morgan fingerprint density at radius 3 is 2.40 bits per heavy atom. The molecule has 0 amide bonds. The number of fused-ring (bicyclic) bond motifs is 2. The molecule has 0 spiro atoms. The predicted molar refractivity (Wildman–Crippen MR) is 103 cm³/mol. The molecule has 1 aromatic heterocycles. The van der Waals surface area contributed by atoms with Gasteiger partial charge in [-0.3, -0.25) is 6.08 Å². The molecule has 0 N–H and O–H groups in total. The van der Waals surface area contributed by atoms with Gasteiger partial charge in [0.15, 0.2) is 0 Å². The van der Waals surface area contributed by atoms with Crippen LogP contribution in [0.5, 0.6) is 0 Å². The van der Waals surface area contributed by atoms with Crippen molar-refractivity contribution < 1.29 is 26.2 Å². The van der Waals surface area contributed by atoms with E-state index in [0.29, 0.717) is 0 Å². The van der Waals surface area contributed by atoms with Gasteiger partial charge in [0.25, 0.3) is 0 Å². The average Bonchev–Trinajstić information content (AvgIpc) is 3.34. The van der Waals surface area contributed by atoms with Gasteiger partial charge in [0.1, 0.15) is 0 Å². The number of aryl methyl sites for hydroxylation is 1. The van der Waals surface area contributed by atoms with Crippen LogP contribution in [0.15, 0.2) is 85.0 Å². The van der Waals surface area contributed by atoms with E-state index in [9.17, 15) is 0 Å². The Labute approximate surface area is 167 Å². The van der Waals surface area contributed by atoms with Crippen LogP contribution in [0.3, 0.4) is 0 Å². The summed E-state index contributed by atoms with van der Waals surface area (Å²) in [5.41, 5.74) is 3.80. The van der Waals surface area contributed by atoms with E-state index in [4.69, 9.17) is 0 Å². The van der Waals surface area contributed by atoms with Gasteiger partial charge in [-0.25, -0.2) is 12.2 Å². The molecule has 2 heteroatoms. The van der Waals surface area contributed by atoms with Gasteiger partial charge in [-0.05, 0) is 24.7 Å². The minimum Gasteiger partial charge on any atom is -0.332 e. The van der Waals surface area contributed by atoms with Crippen molar-refractivity contribution in [1.29, 1.82) is 0 Å². The Morgan fingerprint density at radius 1 is 0.960 bits per heavy atom. The van der Waals surface area contributed by atoms with Gasteiger partial charge in [-0.15, -0.1) is 47.5 Å². The van der Waals surface area contributed by atoms with Crippen LogP contribution >= 0.6 is 0 Å². The minimum atomic E-state index is 0. The summed E-state index contributed by atoms with van der Waals surface area (Å²) in [5.74, 6) is 0. The van der Waals surface area contributed by atoms with Gasteiger partial charge >= 0.3 is 26.2 Å². The molecule has 0 saturated heterocycles. The van der Waals surface area contributed by atoms with Crippen molar-refractivity contribution in [3.8, 4) is 5.69 Å². The summed E-state index contributed by atoms with van der Waals surface area (Å²) in [6.07, 6.45) is 10.0. The fourth-order valence-corrected chi connectivity index (χ4v) is 3.24. The van der Waals surface area contributed by atoms with Gasteiger partial charge in [-0.2, -0.15) is 6.08 Å². The first kappa shape index (κ1) is 17.8.